The lowest BCUT2D eigenvalue weighted by molar-refractivity contribution is -0.120. The quantitative estimate of drug-likeness (QED) is 0.545. The molecule has 0 aromatic carbocycles. The fraction of sp³-hybridized carbons (Fsp3) is 0.833. The van der Waals surface area contributed by atoms with Crippen LogP contribution in [-0.4, -0.2) is 55.0 Å². The van der Waals surface area contributed by atoms with Gasteiger partial charge in [-0.15, -0.1) is 0 Å². The van der Waals surface area contributed by atoms with Gasteiger partial charge in [-0.05, 0) is 13.3 Å². The van der Waals surface area contributed by atoms with Crippen LogP contribution in [-0.2, 0) is 4.79 Å². The summed E-state index contributed by atoms with van der Waals surface area (Å²) in [7, 11) is 5.61. The number of aliphatic hydroxyl groups is 1. The smallest absolute Gasteiger partial charge is 0.217 e. The van der Waals surface area contributed by atoms with E-state index in [-0.39, 0.29) is 17.9 Å². The highest BCUT2D eigenvalue weighted by atomic mass is 16.3. The van der Waals surface area contributed by atoms with Crippen molar-refractivity contribution in [1.82, 2.24) is 10.2 Å². The van der Waals surface area contributed by atoms with E-state index in [1.807, 2.05) is 25.9 Å². The van der Waals surface area contributed by atoms with Gasteiger partial charge < -0.3 is 15.3 Å². The first-order chi connectivity index (χ1) is 7.79. The third kappa shape index (κ3) is 5.68. The predicted octanol–water partition coefficient (Wildman–Crippen LogP) is 0.488. The number of aliphatic hydroxyl groups excluding tert-OH is 1. The van der Waals surface area contributed by atoms with Crippen molar-refractivity contribution >= 4 is 11.7 Å². The molecule has 1 amide bonds. The molecule has 0 saturated carbocycles. The van der Waals surface area contributed by atoms with E-state index < -0.39 is 6.10 Å². The molecule has 0 rings (SSSR count). The van der Waals surface area contributed by atoms with E-state index in [1.165, 1.54) is 6.92 Å². The average molecular weight is 243 g/mol. The van der Waals surface area contributed by atoms with Gasteiger partial charge in [0.25, 0.3) is 0 Å². The maximum Gasteiger partial charge on any atom is 0.217 e. The highest BCUT2D eigenvalue weighted by molar-refractivity contribution is 5.83. The summed E-state index contributed by atoms with van der Waals surface area (Å²) in [6.45, 7) is 5.27. The van der Waals surface area contributed by atoms with Crippen LogP contribution in [0, 0.1) is 5.92 Å². The third-order valence-electron chi connectivity index (χ3n) is 2.73. The Morgan fingerprint density at radius 3 is 2.29 bits per heavy atom. The molecule has 0 heterocycles. The molecule has 2 N–H and O–H groups in total. The van der Waals surface area contributed by atoms with Crippen molar-refractivity contribution in [3.63, 3.8) is 0 Å². The van der Waals surface area contributed by atoms with Gasteiger partial charge in [0.2, 0.25) is 5.91 Å². The molecule has 0 aromatic rings. The Balaban J connectivity index is 4.37. The van der Waals surface area contributed by atoms with E-state index in [0.29, 0.717) is 6.42 Å². The molecule has 100 valence electrons. The van der Waals surface area contributed by atoms with E-state index in [0.717, 1.165) is 5.84 Å². The zero-order valence-electron chi connectivity index (χ0n) is 11.7. The molecule has 0 aliphatic heterocycles. The molecule has 0 fully saturated rings. The highest BCUT2D eigenvalue weighted by Gasteiger charge is 2.21. The number of carbonyl (C=O) groups excluding carboxylic acids is 1. The fourth-order valence-electron chi connectivity index (χ4n) is 1.95. The van der Waals surface area contributed by atoms with Crippen molar-refractivity contribution in [2.24, 2.45) is 10.9 Å². The average Bonchev–Trinajstić information content (AvgIpc) is 2.16. The summed E-state index contributed by atoms with van der Waals surface area (Å²) in [5.74, 6) is 0.974. The van der Waals surface area contributed by atoms with Crippen LogP contribution in [0.4, 0.5) is 0 Å². The van der Waals surface area contributed by atoms with Gasteiger partial charge in [0.15, 0.2) is 0 Å². The van der Waals surface area contributed by atoms with Gasteiger partial charge in [-0.2, -0.15) is 0 Å². The van der Waals surface area contributed by atoms with Crippen molar-refractivity contribution in [3.05, 3.63) is 0 Å². The first kappa shape index (κ1) is 15.9. The standard InChI is InChI=1S/C12H25N3O2/c1-8(12(13-4)15(5)6)7-11(17)9(2)14-10(3)16/h8-9,11,17H,7H2,1-6H3,(H,14,16). The Hall–Kier alpha value is -1.10. The number of rotatable bonds is 5. The molecule has 0 aliphatic rings. The van der Waals surface area contributed by atoms with Gasteiger partial charge in [0, 0.05) is 34.0 Å². The molecule has 5 nitrogen and oxygen atoms in total. The molecule has 0 aliphatic carbocycles. The van der Waals surface area contributed by atoms with E-state index in [9.17, 15) is 9.90 Å². The normalized spacial score (nSPS) is 17.2. The molecule has 5 heteroatoms. The number of aliphatic imine (C=N–C) groups is 1. The fourth-order valence-corrected chi connectivity index (χ4v) is 1.95. The number of nitrogens with one attached hydrogen (secondary N) is 1. The lowest BCUT2D eigenvalue weighted by Crippen LogP contribution is -2.42. The van der Waals surface area contributed by atoms with Crippen LogP contribution in [0.15, 0.2) is 4.99 Å². The maximum absolute atomic E-state index is 10.9. The van der Waals surface area contributed by atoms with E-state index in [4.69, 9.17) is 0 Å². The Labute approximate surface area is 104 Å². The van der Waals surface area contributed by atoms with Crippen molar-refractivity contribution in [1.29, 1.82) is 0 Å². The lowest BCUT2D eigenvalue weighted by Gasteiger charge is -2.26. The summed E-state index contributed by atoms with van der Waals surface area (Å²) >= 11 is 0. The summed E-state index contributed by atoms with van der Waals surface area (Å²) < 4.78 is 0. The number of nitrogens with zero attached hydrogens (tertiary/aromatic N) is 2. The molecular weight excluding hydrogens is 218 g/mol. The van der Waals surface area contributed by atoms with Gasteiger partial charge >= 0.3 is 0 Å². The number of amides is 1. The van der Waals surface area contributed by atoms with Crippen LogP contribution < -0.4 is 5.32 Å². The van der Waals surface area contributed by atoms with Crippen LogP contribution in [0.3, 0.4) is 0 Å². The SMILES string of the molecule is CN=C(C(C)CC(O)C(C)NC(C)=O)N(C)C. The summed E-state index contributed by atoms with van der Waals surface area (Å²) in [4.78, 5) is 17.0. The van der Waals surface area contributed by atoms with Crippen LogP contribution >= 0.6 is 0 Å². The molecule has 0 saturated heterocycles. The zero-order valence-corrected chi connectivity index (χ0v) is 11.7. The minimum absolute atomic E-state index is 0.124. The van der Waals surface area contributed by atoms with E-state index >= 15 is 0 Å². The molecule has 3 unspecified atom stereocenters. The number of hydrogen-bond donors (Lipinski definition) is 2. The van der Waals surface area contributed by atoms with Crippen LogP contribution in [0.25, 0.3) is 0 Å². The van der Waals surface area contributed by atoms with E-state index in [2.05, 4.69) is 10.3 Å². The summed E-state index contributed by atoms with van der Waals surface area (Å²) in [5, 5.41) is 12.7. The van der Waals surface area contributed by atoms with Gasteiger partial charge in [0.1, 0.15) is 5.84 Å². The van der Waals surface area contributed by atoms with Crippen molar-refractivity contribution < 1.29 is 9.90 Å². The van der Waals surface area contributed by atoms with Crippen molar-refractivity contribution in [2.75, 3.05) is 21.1 Å². The van der Waals surface area contributed by atoms with Gasteiger partial charge in [0.05, 0.1) is 12.1 Å². The molecule has 0 spiro atoms. The van der Waals surface area contributed by atoms with Crippen molar-refractivity contribution in [2.45, 2.75) is 39.3 Å². The molecule has 0 aromatic heterocycles. The van der Waals surface area contributed by atoms with Crippen LogP contribution in [0.1, 0.15) is 27.2 Å². The second-order valence-electron chi connectivity index (χ2n) is 4.67. The Morgan fingerprint density at radius 2 is 1.94 bits per heavy atom. The van der Waals surface area contributed by atoms with E-state index in [1.54, 1.807) is 14.0 Å². The first-order valence-corrected chi connectivity index (χ1v) is 5.88. The third-order valence-corrected chi connectivity index (χ3v) is 2.73. The van der Waals surface area contributed by atoms with Crippen LogP contribution in [0.5, 0.6) is 0 Å². The maximum atomic E-state index is 10.9. The predicted molar refractivity (Wildman–Crippen MR) is 70.1 cm³/mol. The minimum Gasteiger partial charge on any atom is -0.391 e. The molecular formula is C12H25N3O2. The van der Waals surface area contributed by atoms with Crippen LogP contribution in [0.2, 0.25) is 0 Å². The largest absolute Gasteiger partial charge is 0.391 e. The highest BCUT2D eigenvalue weighted by Crippen LogP contribution is 2.12. The Bertz CT molecular complexity index is 277. The monoisotopic (exact) mass is 243 g/mol. The number of hydrogen-bond acceptors (Lipinski definition) is 3. The minimum atomic E-state index is -0.564. The first-order valence-electron chi connectivity index (χ1n) is 5.88. The molecule has 17 heavy (non-hydrogen) atoms. The topological polar surface area (TPSA) is 64.9 Å². The zero-order chi connectivity index (χ0) is 13.6. The molecule has 3 atom stereocenters. The Morgan fingerprint density at radius 1 is 1.41 bits per heavy atom. The number of carbonyl (C=O) groups is 1. The van der Waals surface area contributed by atoms with Gasteiger partial charge in [-0.25, -0.2) is 0 Å². The number of amidine groups is 1. The molecule has 0 bridgehead atoms. The van der Waals surface area contributed by atoms with Gasteiger partial charge in [-0.3, -0.25) is 9.79 Å². The van der Waals surface area contributed by atoms with Gasteiger partial charge in [-0.1, -0.05) is 6.92 Å². The van der Waals surface area contributed by atoms with Crippen molar-refractivity contribution in [3.8, 4) is 0 Å². The summed E-state index contributed by atoms with van der Waals surface area (Å²) in [6, 6.07) is -0.241. The second-order valence-corrected chi connectivity index (χ2v) is 4.67. The Kier molecular flexibility index (Phi) is 6.80. The summed E-state index contributed by atoms with van der Waals surface area (Å²) in [5.41, 5.74) is 0. The summed E-state index contributed by atoms with van der Waals surface area (Å²) in [6.07, 6.45) is 0.0114. The second kappa shape index (κ2) is 7.27. The molecule has 0 radical (unpaired) electrons. The lowest BCUT2D eigenvalue weighted by atomic mass is 9.98.